The first-order chi connectivity index (χ1) is 5.88. The molecule has 1 heterocycles. The molecule has 1 saturated carbocycles. The van der Waals surface area contributed by atoms with Crippen molar-refractivity contribution in [2.45, 2.75) is 12.0 Å². The third-order valence-electron chi connectivity index (χ3n) is 2.66. The van der Waals surface area contributed by atoms with Crippen LogP contribution in [0.15, 0.2) is 30.3 Å². The van der Waals surface area contributed by atoms with Gasteiger partial charge in [0.05, 0.1) is 0 Å². The molecule has 3 rings (SSSR count). The van der Waals surface area contributed by atoms with E-state index in [-0.39, 0.29) is 18.0 Å². The van der Waals surface area contributed by atoms with Crippen molar-refractivity contribution in [3.05, 3.63) is 35.9 Å². The van der Waals surface area contributed by atoms with Crippen LogP contribution < -0.4 is 0 Å². The number of carbonyl (C=O) groups excluding carboxylic acids is 1. The predicted molar refractivity (Wildman–Crippen MR) is 42.6 cm³/mol. The van der Waals surface area contributed by atoms with E-state index in [1.54, 1.807) is 0 Å². The van der Waals surface area contributed by atoms with Crippen molar-refractivity contribution >= 4 is 5.97 Å². The summed E-state index contributed by atoms with van der Waals surface area (Å²) >= 11 is 0. The summed E-state index contributed by atoms with van der Waals surface area (Å²) < 4.78 is 4.94. The zero-order valence-electron chi connectivity index (χ0n) is 6.44. The first-order valence-corrected chi connectivity index (χ1v) is 4.13. The summed E-state index contributed by atoms with van der Waals surface area (Å²) in [7, 11) is 0. The minimum Gasteiger partial charge on any atom is -0.460 e. The number of hydrogen-bond acceptors (Lipinski definition) is 2. The van der Waals surface area contributed by atoms with Gasteiger partial charge in [0.25, 0.3) is 0 Å². The molecular formula is C10H8O2. The van der Waals surface area contributed by atoms with Crippen molar-refractivity contribution < 1.29 is 9.53 Å². The third kappa shape index (κ3) is 0.624. The van der Waals surface area contributed by atoms with Crippen LogP contribution in [0.3, 0.4) is 0 Å². The van der Waals surface area contributed by atoms with Crippen LogP contribution in [0, 0.1) is 5.92 Å². The molecule has 12 heavy (non-hydrogen) atoms. The first kappa shape index (κ1) is 6.23. The third-order valence-corrected chi connectivity index (χ3v) is 2.66. The van der Waals surface area contributed by atoms with Crippen LogP contribution in [0.2, 0.25) is 0 Å². The fourth-order valence-corrected chi connectivity index (χ4v) is 1.92. The smallest absolute Gasteiger partial charge is 0.313 e. The summed E-state index contributed by atoms with van der Waals surface area (Å²) in [6, 6.07) is 10.1. The summed E-state index contributed by atoms with van der Waals surface area (Å²) in [5.41, 5.74) is 1.23. The molecule has 0 amide bonds. The number of hydrogen-bond donors (Lipinski definition) is 0. The fourth-order valence-electron chi connectivity index (χ4n) is 1.92. The molecule has 2 aliphatic rings. The standard InChI is InChI=1S/C10H8O2/c11-10-8-7(9(8)12-10)6-4-2-1-3-5-6/h1-5,7-9H. The molecule has 0 spiro atoms. The molecule has 60 valence electrons. The van der Waals surface area contributed by atoms with Gasteiger partial charge in [-0.15, -0.1) is 0 Å². The highest BCUT2D eigenvalue weighted by molar-refractivity contribution is 5.86. The Morgan fingerprint density at radius 3 is 2.33 bits per heavy atom. The van der Waals surface area contributed by atoms with Crippen LogP contribution in [0.1, 0.15) is 11.5 Å². The highest BCUT2D eigenvalue weighted by Crippen LogP contribution is 2.57. The zero-order chi connectivity index (χ0) is 8.13. The number of rotatable bonds is 1. The minimum atomic E-state index is -0.0196. The Morgan fingerprint density at radius 1 is 1.08 bits per heavy atom. The zero-order valence-corrected chi connectivity index (χ0v) is 6.44. The summed E-state index contributed by atoms with van der Waals surface area (Å²) in [6.45, 7) is 0. The summed E-state index contributed by atoms with van der Waals surface area (Å²) in [5.74, 6) is 0.528. The molecule has 1 saturated heterocycles. The normalized spacial score (nSPS) is 36.3. The molecule has 0 N–H and O–H groups in total. The summed E-state index contributed by atoms with van der Waals surface area (Å²) in [4.78, 5) is 10.8. The second-order valence-corrected chi connectivity index (χ2v) is 3.36. The van der Waals surface area contributed by atoms with E-state index in [2.05, 4.69) is 12.1 Å². The van der Waals surface area contributed by atoms with E-state index < -0.39 is 0 Å². The Labute approximate surface area is 70.2 Å². The average molecular weight is 160 g/mol. The molecule has 0 bridgehead atoms. The maximum atomic E-state index is 10.8. The molecule has 0 radical (unpaired) electrons. The maximum absolute atomic E-state index is 10.8. The lowest BCUT2D eigenvalue weighted by molar-refractivity contribution is -0.158. The molecule has 3 atom stereocenters. The number of fused-ring (bicyclic) bond motifs is 1. The molecule has 2 heteroatoms. The molecule has 1 aliphatic carbocycles. The second kappa shape index (κ2) is 1.89. The highest BCUT2D eigenvalue weighted by Gasteiger charge is 2.67. The van der Waals surface area contributed by atoms with E-state index in [0.717, 1.165) is 0 Å². The van der Waals surface area contributed by atoms with E-state index in [0.29, 0.717) is 5.92 Å². The summed E-state index contributed by atoms with van der Waals surface area (Å²) in [6.07, 6.45) is 0.208. The number of ether oxygens (including phenoxy) is 1. The minimum absolute atomic E-state index is 0.0196. The van der Waals surface area contributed by atoms with Crippen LogP contribution >= 0.6 is 0 Å². The Kier molecular flexibility index (Phi) is 0.980. The van der Waals surface area contributed by atoms with Crippen LogP contribution in [0.25, 0.3) is 0 Å². The lowest BCUT2D eigenvalue weighted by atomic mass is 10.1. The SMILES string of the molecule is O=C1OC2C1C2c1ccccc1. The van der Waals surface area contributed by atoms with E-state index in [9.17, 15) is 4.79 Å². The highest BCUT2D eigenvalue weighted by atomic mass is 16.6. The van der Waals surface area contributed by atoms with Gasteiger partial charge >= 0.3 is 5.97 Å². The van der Waals surface area contributed by atoms with Crippen molar-refractivity contribution in [2.24, 2.45) is 5.92 Å². The van der Waals surface area contributed by atoms with E-state index in [4.69, 9.17) is 4.74 Å². The van der Waals surface area contributed by atoms with Gasteiger partial charge in [0.15, 0.2) is 0 Å². The van der Waals surface area contributed by atoms with Gasteiger partial charge in [-0.05, 0) is 5.56 Å². The topological polar surface area (TPSA) is 26.3 Å². The number of esters is 1. The number of benzene rings is 1. The Morgan fingerprint density at radius 2 is 1.83 bits per heavy atom. The number of carbonyl (C=O) groups is 1. The van der Waals surface area contributed by atoms with Crippen LogP contribution in [-0.4, -0.2) is 12.1 Å². The van der Waals surface area contributed by atoms with Gasteiger partial charge in [0.2, 0.25) is 0 Å². The maximum Gasteiger partial charge on any atom is 0.313 e. The van der Waals surface area contributed by atoms with Gasteiger partial charge in [-0.2, -0.15) is 0 Å². The van der Waals surface area contributed by atoms with Crippen molar-refractivity contribution in [3.63, 3.8) is 0 Å². The predicted octanol–water partition coefficient (Wildman–Crippen LogP) is 1.33. The Balaban J connectivity index is 1.90. The van der Waals surface area contributed by atoms with Crippen molar-refractivity contribution in [1.82, 2.24) is 0 Å². The molecule has 1 aromatic rings. The quantitative estimate of drug-likeness (QED) is 0.579. The molecule has 0 aromatic heterocycles. The molecule has 1 aliphatic heterocycles. The first-order valence-electron chi connectivity index (χ1n) is 4.13. The van der Waals surface area contributed by atoms with Gasteiger partial charge < -0.3 is 4.74 Å². The van der Waals surface area contributed by atoms with Crippen molar-refractivity contribution in [2.75, 3.05) is 0 Å². The van der Waals surface area contributed by atoms with Crippen LogP contribution in [0.5, 0.6) is 0 Å². The van der Waals surface area contributed by atoms with E-state index in [1.165, 1.54) is 5.56 Å². The fraction of sp³-hybridized carbons (Fsp3) is 0.300. The lowest BCUT2D eigenvalue weighted by Crippen LogP contribution is -2.21. The van der Waals surface area contributed by atoms with E-state index in [1.807, 2.05) is 18.2 Å². The molecule has 1 aromatic carbocycles. The second-order valence-electron chi connectivity index (χ2n) is 3.36. The molecule has 2 fully saturated rings. The van der Waals surface area contributed by atoms with Gasteiger partial charge in [0.1, 0.15) is 12.0 Å². The molecular weight excluding hydrogens is 152 g/mol. The Bertz CT molecular complexity index is 331. The van der Waals surface area contributed by atoms with Gasteiger partial charge in [0, 0.05) is 5.92 Å². The summed E-state index contributed by atoms with van der Waals surface area (Å²) in [5, 5.41) is 0. The van der Waals surface area contributed by atoms with Crippen LogP contribution in [-0.2, 0) is 9.53 Å². The molecule has 2 nitrogen and oxygen atoms in total. The largest absolute Gasteiger partial charge is 0.460 e. The average Bonchev–Trinajstić information content (AvgIpc) is 2.73. The molecule has 3 unspecified atom stereocenters. The van der Waals surface area contributed by atoms with Crippen molar-refractivity contribution in [3.8, 4) is 0 Å². The Hall–Kier alpha value is -1.31. The monoisotopic (exact) mass is 160 g/mol. The van der Waals surface area contributed by atoms with Gasteiger partial charge in [-0.25, -0.2) is 0 Å². The van der Waals surface area contributed by atoms with Crippen LogP contribution in [0.4, 0.5) is 0 Å². The van der Waals surface area contributed by atoms with E-state index >= 15 is 0 Å². The van der Waals surface area contributed by atoms with Gasteiger partial charge in [-0.3, -0.25) is 4.79 Å². The lowest BCUT2D eigenvalue weighted by Gasteiger charge is -2.08. The van der Waals surface area contributed by atoms with Crippen molar-refractivity contribution in [1.29, 1.82) is 0 Å². The van der Waals surface area contributed by atoms with Gasteiger partial charge in [-0.1, -0.05) is 30.3 Å².